The lowest BCUT2D eigenvalue weighted by molar-refractivity contribution is -0.384. The molecule has 0 unspecified atom stereocenters. The third-order valence-electron chi connectivity index (χ3n) is 4.45. The normalized spacial score (nSPS) is 13.5. The van der Waals surface area contributed by atoms with Gasteiger partial charge in [0, 0.05) is 17.8 Å². The molecule has 0 saturated heterocycles. The molecular weight excluding hydrogens is 426 g/mol. The summed E-state index contributed by atoms with van der Waals surface area (Å²) in [5.41, 5.74) is 0.354. The Morgan fingerprint density at radius 1 is 1.16 bits per heavy atom. The molecule has 1 N–H and O–H groups in total. The van der Waals surface area contributed by atoms with Crippen molar-refractivity contribution in [1.82, 2.24) is 0 Å². The maximum Gasteiger partial charge on any atom is 0.338 e. The average Bonchev–Trinajstić information content (AvgIpc) is 2.97. The second kappa shape index (κ2) is 9.40. The van der Waals surface area contributed by atoms with E-state index in [-0.39, 0.29) is 22.1 Å². The number of hydrogen-bond donors (Lipinski definition) is 1. The lowest BCUT2D eigenvalue weighted by Crippen LogP contribution is -2.32. The van der Waals surface area contributed by atoms with Gasteiger partial charge in [0.2, 0.25) is 0 Å². The molecular formula is C21H18ClN3O6. The molecule has 2 aromatic rings. The zero-order valence-electron chi connectivity index (χ0n) is 16.5. The summed E-state index contributed by atoms with van der Waals surface area (Å²) in [6.45, 7) is 2.32. The number of nitrogens with zero attached hydrogens (tertiary/aromatic N) is 2. The average molecular weight is 444 g/mol. The van der Waals surface area contributed by atoms with Crippen molar-refractivity contribution < 1.29 is 24.0 Å². The van der Waals surface area contributed by atoms with Gasteiger partial charge in [0.1, 0.15) is 10.7 Å². The quantitative estimate of drug-likeness (QED) is 0.215. The van der Waals surface area contributed by atoms with Crippen molar-refractivity contribution in [1.29, 1.82) is 0 Å². The fraction of sp³-hybridized carbons (Fsp3) is 0.190. The second-order valence-corrected chi connectivity index (χ2v) is 6.98. The van der Waals surface area contributed by atoms with Crippen LogP contribution in [0.5, 0.6) is 0 Å². The Hall–Kier alpha value is -3.72. The number of nitrogens with one attached hydrogen (secondary N) is 1. The number of imide groups is 1. The number of nitro benzene ring substituents is 1. The van der Waals surface area contributed by atoms with Gasteiger partial charge in [-0.25, -0.2) is 9.69 Å². The van der Waals surface area contributed by atoms with Crippen molar-refractivity contribution in [2.45, 2.75) is 19.8 Å². The number of non-ortho nitro benzene ring substituents is 1. The number of unbranched alkanes of at least 4 members (excludes halogenated alkanes) is 1. The van der Waals surface area contributed by atoms with Gasteiger partial charge in [-0.1, -0.05) is 31.0 Å². The van der Waals surface area contributed by atoms with Crippen molar-refractivity contribution in [2.75, 3.05) is 16.8 Å². The molecule has 0 saturated carbocycles. The Labute approximate surface area is 182 Å². The van der Waals surface area contributed by atoms with Crippen LogP contribution in [0.3, 0.4) is 0 Å². The number of carbonyl (C=O) groups excluding carboxylic acids is 3. The summed E-state index contributed by atoms with van der Waals surface area (Å²) in [7, 11) is 0. The highest BCUT2D eigenvalue weighted by molar-refractivity contribution is 6.53. The van der Waals surface area contributed by atoms with Crippen LogP contribution in [-0.4, -0.2) is 29.3 Å². The van der Waals surface area contributed by atoms with E-state index in [0.29, 0.717) is 17.9 Å². The van der Waals surface area contributed by atoms with E-state index in [9.17, 15) is 24.5 Å². The van der Waals surface area contributed by atoms with Gasteiger partial charge in [-0.15, -0.1) is 0 Å². The predicted octanol–water partition coefficient (Wildman–Crippen LogP) is 3.99. The maximum atomic E-state index is 12.8. The first-order valence-electron chi connectivity index (χ1n) is 9.40. The molecule has 1 heterocycles. The van der Waals surface area contributed by atoms with E-state index < -0.39 is 22.7 Å². The SMILES string of the molecule is CCCCOC(=O)c1ccc(NC2=C(Cl)C(=O)N(c3cccc([N+](=O)[O-])c3)C2=O)cc1. The Morgan fingerprint density at radius 2 is 1.87 bits per heavy atom. The first-order valence-corrected chi connectivity index (χ1v) is 9.78. The molecule has 0 aromatic heterocycles. The highest BCUT2D eigenvalue weighted by atomic mass is 35.5. The molecule has 2 aromatic carbocycles. The third kappa shape index (κ3) is 4.72. The van der Waals surface area contributed by atoms with Gasteiger partial charge in [0.25, 0.3) is 17.5 Å². The van der Waals surface area contributed by atoms with E-state index in [1.165, 1.54) is 30.3 Å². The first kappa shape index (κ1) is 22.0. The number of rotatable bonds is 8. The van der Waals surface area contributed by atoms with Gasteiger partial charge < -0.3 is 10.1 Å². The van der Waals surface area contributed by atoms with E-state index in [1.54, 1.807) is 12.1 Å². The molecule has 10 heteroatoms. The van der Waals surface area contributed by atoms with Crippen molar-refractivity contribution in [3.8, 4) is 0 Å². The minimum atomic E-state index is -0.800. The van der Waals surface area contributed by atoms with Crippen LogP contribution in [0, 0.1) is 10.1 Å². The molecule has 0 aliphatic carbocycles. The fourth-order valence-electron chi connectivity index (χ4n) is 2.82. The summed E-state index contributed by atoms with van der Waals surface area (Å²) < 4.78 is 5.14. The van der Waals surface area contributed by atoms with Crippen molar-refractivity contribution >= 4 is 46.4 Å². The van der Waals surface area contributed by atoms with Crippen LogP contribution >= 0.6 is 11.6 Å². The molecule has 9 nitrogen and oxygen atoms in total. The monoisotopic (exact) mass is 443 g/mol. The standard InChI is InChI=1S/C21H18ClN3O6/c1-2-3-11-31-21(28)13-7-9-14(10-8-13)23-18-17(22)19(26)24(20(18)27)15-5-4-6-16(12-15)25(29)30/h4-10,12,23H,2-3,11H2,1H3. The van der Waals surface area contributed by atoms with Crippen LogP contribution < -0.4 is 10.2 Å². The molecule has 31 heavy (non-hydrogen) atoms. The Bertz CT molecular complexity index is 1080. The zero-order chi connectivity index (χ0) is 22.5. The van der Waals surface area contributed by atoms with Gasteiger partial charge in [0.05, 0.1) is 22.8 Å². The number of amides is 2. The van der Waals surface area contributed by atoms with E-state index in [4.69, 9.17) is 16.3 Å². The number of anilines is 2. The van der Waals surface area contributed by atoms with Crippen LogP contribution in [0.2, 0.25) is 0 Å². The lowest BCUT2D eigenvalue weighted by atomic mass is 10.2. The zero-order valence-corrected chi connectivity index (χ0v) is 17.2. The number of hydrogen-bond acceptors (Lipinski definition) is 7. The molecule has 1 aliphatic heterocycles. The number of nitro groups is 1. The van der Waals surface area contributed by atoms with Crippen molar-refractivity contribution in [3.63, 3.8) is 0 Å². The summed E-state index contributed by atoms with van der Waals surface area (Å²) in [5.74, 6) is -2.01. The highest BCUT2D eigenvalue weighted by Gasteiger charge is 2.39. The Kier molecular flexibility index (Phi) is 6.66. The van der Waals surface area contributed by atoms with Crippen LogP contribution in [0.1, 0.15) is 30.1 Å². The van der Waals surface area contributed by atoms with E-state index in [0.717, 1.165) is 23.8 Å². The van der Waals surface area contributed by atoms with Crippen molar-refractivity contribution in [3.05, 3.63) is 74.9 Å². The largest absolute Gasteiger partial charge is 0.462 e. The minimum Gasteiger partial charge on any atom is -0.462 e. The summed E-state index contributed by atoms with van der Waals surface area (Å²) in [6, 6.07) is 11.2. The number of ether oxygens (including phenoxy) is 1. The smallest absolute Gasteiger partial charge is 0.338 e. The van der Waals surface area contributed by atoms with E-state index in [1.807, 2.05) is 6.92 Å². The molecule has 160 valence electrons. The van der Waals surface area contributed by atoms with Gasteiger partial charge in [-0.3, -0.25) is 19.7 Å². The molecule has 0 spiro atoms. The number of benzene rings is 2. The van der Waals surface area contributed by atoms with Gasteiger partial charge in [0.15, 0.2) is 0 Å². The molecule has 0 atom stereocenters. The Morgan fingerprint density at radius 3 is 2.52 bits per heavy atom. The highest BCUT2D eigenvalue weighted by Crippen LogP contribution is 2.31. The molecule has 1 aliphatic rings. The minimum absolute atomic E-state index is 0.0318. The van der Waals surface area contributed by atoms with Gasteiger partial charge >= 0.3 is 5.97 Å². The van der Waals surface area contributed by atoms with Crippen molar-refractivity contribution in [2.24, 2.45) is 0 Å². The van der Waals surface area contributed by atoms with E-state index >= 15 is 0 Å². The lowest BCUT2D eigenvalue weighted by Gasteiger charge is -2.15. The van der Waals surface area contributed by atoms with Crippen LogP contribution in [0.15, 0.2) is 59.3 Å². The molecule has 0 radical (unpaired) electrons. The fourth-order valence-corrected chi connectivity index (χ4v) is 3.03. The van der Waals surface area contributed by atoms with Gasteiger partial charge in [-0.05, 0) is 36.8 Å². The second-order valence-electron chi connectivity index (χ2n) is 6.60. The van der Waals surface area contributed by atoms with Crippen LogP contribution in [0.25, 0.3) is 0 Å². The number of halogens is 1. The summed E-state index contributed by atoms with van der Waals surface area (Å²) in [6.07, 6.45) is 1.68. The molecule has 3 rings (SSSR count). The number of carbonyl (C=O) groups is 3. The third-order valence-corrected chi connectivity index (χ3v) is 4.80. The number of esters is 1. The maximum absolute atomic E-state index is 12.8. The Balaban J connectivity index is 1.76. The van der Waals surface area contributed by atoms with Crippen LogP contribution in [0.4, 0.5) is 17.1 Å². The molecule has 2 amide bonds. The molecule has 0 fully saturated rings. The first-order chi connectivity index (χ1) is 14.8. The van der Waals surface area contributed by atoms with Gasteiger partial charge in [-0.2, -0.15) is 0 Å². The van der Waals surface area contributed by atoms with E-state index in [2.05, 4.69) is 5.32 Å². The topological polar surface area (TPSA) is 119 Å². The molecule has 0 bridgehead atoms. The van der Waals surface area contributed by atoms with Crippen LogP contribution in [-0.2, 0) is 14.3 Å². The summed E-state index contributed by atoms with van der Waals surface area (Å²) in [5, 5.41) is 13.4. The summed E-state index contributed by atoms with van der Waals surface area (Å²) >= 11 is 6.07. The predicted molar refractivity (Wildman–Crippen MR) is 114 cm³/mol. The summed E-state index contributed by atoms with van der Waals surface area (Å²) in [4.78, 5) is 48.4.